The predicted molar refractivity (Wildman–Crippen MR) is 94.4 cm³/mol. The van der Waals surface area contributed by atoms with Crippen molar-refractivity contribution in [2.45, 2.75) is 0 Å². The molecule has 0 unspecified atom stereocenters. The number of nitrogens with zero attached hydrogens (tertiary/aromatic N) is 3. The van der Waals surface area contributed by atoms with E-state index in [4.69, 9.17) is 40.5 Å². The number of anilines is 3. The van der Waals surface area contributed by atoms with Crippen molar-refractivity contribution in [3.63, 3.8) is 0 Å². The molecule has 0 spiro atoms. The van der Waals surface area contributed by atoms with Gasteiger partial charge in [0.25, 0.3) is 0 Å². The molecule has 3 rings (SSSR count). The van der Waals surface area contributed by atoms with Gasteiger partial charge in [0.05, 0.1) is 15.7 Å². The molecule has 0 fully saturated rings. The maximum Gasteiger partial charge on any atom is 0.232 e. The van der Waals surface area contributed by atoms with Gasteiger partial charge in [0.1, 0.15) is 0 Å². The van der Waals surface area contributed by atoms with Crippen LogP contribution in [0.1, 0.15) is 0 Å². The summed E-state index contributed by atoms with van der Waals surface area (Å²) in [7, 11) is 0. The van der Waals surface area contributed by atoms with Gasteiger partial charge >= 0.3 is 0 Å². The lowest BCUT2D eigenvalue weighted by Gasteiger charge is -2.09. The zero-order chi connectivity index (χ0) is 16.4. The summed E-state index contributed by atoms with van der Waals surface area (Å²) in [5.41, 5.74) is 6.99. The number of para-hydroxylation sites is 1. The van der Waals surface area contributed by atoms with Crippen LogP contribution in [0.25, 0.3) is 11.4 Å². The monoisotopic (exact) mass is 365 g/mol. The second-order valence-electron chi connectivity index (χ2n) is 4.57. The quantitative estimate of drug-likeness (QED) is 0.694. The molecular weight excluding hydrogens is 357 g/mol. The first-order valence-corrected chi connectivity index (χ1v) is 7.65. The van der Waals surface area contributed by atoms with E-state index in [2.05, 4.69) is 20.3 Å². The highest BCUT2D eigenvalue weighted by Crippen LogP contribution is 2.30. The van der Waals surface area contributed by atoms with Crippen LogP contribution in [0, 0.1) is 0 Å². The van der Waals surface area contributed by atoms with Crippen molar-refractivity contribution < 1.29 is 0 Å². The molecule has 2 aromatic carbocycles. The fourth-order valence-electron chi connectivity index (χ4n) is 1.92. The van der Waals surface area contributed by atoms with Gasteiger partial charge in [0.15, 0.2) is 5.82 Å². The van der Waals surface area contributed by atoms with Crippen LogP contribution >= 0.6 is 34.8 Å². The van der Waals surface area contributed by atoms with Crippen LogP contribution < -0.4 is 11.1 Å². The van der Waals surface area contributed by atoms with E-state index in [0.717, 1.165) is 0 Å². The average Bonchev–Trinajstić information content (AvgIpc) is 2.51. The summed E-state index contributed by atoms with van der Waals surface area (Å²) in [6, 6.07) is 12.2. The molecule has 5 nitrogen and oxygen atoms in total. The van der Waals surface area contributed by atoms with Gasteiger partial charge in [-0.3, -0.25) is 0 Å². The van der Waals surface area contributed by atoms with Gasteiger partial charge in [-0.25, -0.2) is 0 Å². The smallest absolute Gasteiger partial charge is 0.232 e. The fourth-order valence-corrected chi connectivity index (χ4v) is 2.48. The number of hydrogen-bond donors (Lipinski definition) is 2. The largest absolute Gasteiger partial charge is 0.368 e. The zero-order valence-electron chi connectivity index (χ0n) is 11.6. The zero-order valence-corrected chi connectivity index (χ0v) is 13.9. The van der Waals surface area contributed by atoms with E-state index in [1.165, 1.54) is 0 Å². The van der Waals surface area contributed by atoms with Crippen LogP contribution in [0.2, 0.25) is 15.1 Å². The molecule has 0 saturated heterocycles. The van der Waals surface area contributed by atoms with Gasteiger partial charge in [0.2, 0.25) is 11.9 Å². The molecule has 3 N–H and O–H groups in total. The van der Waals surface area contributed by atoms with Crippen LogP contribution in [0.3, 0.4) is 0 Å². The van der Waals surface area contributed by atoms with Crippen molar-refractivity contribution in [1.29, 1.82) is 0 Å². The van der Waals surface area contributed by atoms with Crippen LogP contribution in [0.4, 0.5) is 17.6 Å². The lowest BCUT2D eigenvalue weighted by Crippen LogP contribution is -2.05. The van der Waals surface area contributed by atoms with Crippen LogP contribution in [0.15, 0.2) is 42.5 Å². The Morgan fingerprint density at radius 1 is 0.870 bits per heavy atom. The van der Waals surface area contributed by atoms with Crippen LogP contribution in [-0.2, 0) is 0 Å². The minimum atomic E-state index is 0.0561. The lowest BCUT2D eigenvalue weighted by molar-refractivity contribution is 1.08. The minimum Gasteiger partial charge on any atom is -0.368 e. The molecule has 116 valence electrons. The number of nitrogens with one attached hydrogen (secondary N) is 1. The Hall–Kier alpha value is -2.08. The molecular formula is C15H10Cl3N5. The van der Waals surface area contributed by atoms with Gasteiger partial charge < -0.3 is 11.1 Å². The number of benzene rings is 2. The first-order valence-electron chi connectivity index (χ1n) is 6.51. The topological polar surface area (TPSA) is 76.7 Å². The van der Waals surface area contributed by atoms with Crippen molar-refractivity contribution in [2.24, 2.45) is 0 Å². The van der Waals surface area contributed by atoms with Crippen molar-refractivity contribution >= 4 is 52.4 Å². The van der Waals surface area contributed by atoms with Crippen molar-refractivity contribution in [3.8, 4) is 11.4 Å². The summed E-state index contributed by atoms with van der Waals surface area (Å²) < 4.78 is 0. The third kappa shape index (κ3) is 3.64. The van der Waals surface area contributed by atoms with Crippen molar-refractivity contribution in [1.82, 2.24) is 15.0 Å². The summed E-state index contributed by atoms with van der Waals surface area (Å²) >= 11 is 18.3. The Labute approximate surface area is 147 Å². The number of aromatic nitrogens is 3. The molecule has 23 heavy (non-hydrogen) atoms. The van der Waals surface area contributed by atoms with E-state index in [-0.39, 0.29) is 11.9 Å². The molecule has 0 amide bonds. The molecule has 1 heterocycles. The second-order valence-corrected chi connectivity index (χ2v) is 5.82. The molecule has 0 aliphatic heterocycles. The Balaban J connectivity index is 2.03. The fraction of sp³-hybridized carbons (Fsp3) is 0. The summed E-state index contributed by atoms with van der Waals surface area (Å²) in [4.78, 5) is 12.5. The van der Waals surface area contributed by atoms with Crippen LogP contribution in [0.5, 0.6) is 0 Å². The minimum absolute atomic E-state index is 0.0561. The highest BCUT2D eigenvalue weighted by Gasteiger charge is 2.12. The van der Waals surface area contributed by atoms with Gasteiger partial charge in [-0.2, -0.15) is 15.0 Å². The van der Waals surface area contributed by atoms with Gasteiger partial charge in [-0.15, -0.1) is 0 Å². The second kappa shape index (κ2) is 6.58. The molecule has 0 aliphatic carbocycles. The first kappa shape index (κ1) is 15.8. The summed E-state index contributed by atoms with van der Waals surface area (Å²) in [5.74, 6) is 0.636. The number of nitrogen functional groups attached to an aromatic ring is 1. The van der Waals surface area contributed by atoms with Gasteiger partial charge in [0, 0.05) is 10.6 Å². The molecule has 0 saturated carbocycles. The molecule has 0 radical (unpaired) electrons. The Morgan fingerprint density at radius 2 is 1.65 bits per heavy atom. The van der Waals surface area contributed by atoms with Crippen LogP contribution in [-0.4, -0.2) is 15.0 Å². The number of nitrogens with two attached hydrogens (primary N) is 1. The maximum absolute atomic E-state index is 6.18. The SMILES string of the molecule is Nc1nc(Nc2ccccc2Cl)nc(-c2cc(Cl)ccc2Cl)n1. The van der Waals surface area contributed by atoms with E-state index in [0.29, 0.717) is 32.1 Å². The normalized spacial score (nSPS) is 10.6. The summed E-state index contributed by atoms with van der Waals surface area (Å²) in [6.07, 6.45) is 0. The molecule has 0 atom stereocenters. The summed E-state index contributed by atoms with van der Waals surface area (Å²) in [6.45, 7) is 0. The Bertz CT molecular complexity index is 869. The first-order chi connectivity index (χ1) is 11.0. The van der Waals surface area contributed by atoms with Crippen molar-refractivity contribution in [2.75, 3.05) is 11.1 Å². The van der Waals surface area contributed by atoms with E-state index >= 15 is 0 Å². The third-order valence-corrected chi connectivity index (χ3v) is 3.84. The number of halogens is 3. The van der Waals surface area contributed by atoms with Crippen molar-refractivity contribution in [3.05, 3.63) is 57.5 Å². The lowest BCUT2D eigenvalue weighted by atomic mass is 10.2. The van der Waals surface area contributed by atoms with E-state index in [9.17, 15) is 0 Å². The molecule has 8 heteroatoms. The predicted octanol–water partition coefficient (Wildman–Crippen LogP) is 4.82. The van der Waals surface area contributed by atoms with E-state index < -0.39 is 0 Å². The van der Waals surface area contributed by atoms with Gasteiger partial charge in [-0.05, 0) is 30.3 Å². The Kier molecular flexibility index (Phi) is 4.52. The Morgan fingerprint density at radius 3 is 2.43 bits per heavy atom. The van der Waals surface area contributed by atoms with Gasteiger partial charge in [-0.1, -0.05) is 46.9 Å². The maximum atomic E-state index is 6.18. The summed E-state index contributed by atoms with van der Waals surface area (Å²) in [5, 5.41) is 4.52. The highest BCUT2D eigenvalue weighted by atomic mass is 35.5. The molecule has 1 aromatic heterocycles. The number of hydrogen-bond acceptors (Lipinski definition) is 5. The average molecular weight is 367 g/mol. The molecule has 0 bridgehead atoms. The third-order valence-electron chi connectivity index (χ3n) is 2.94. The van der Waals surface area contributed by atoms with E-state index in [1.807, 2.05) is 12.1 Å². The highest BCUT2D eigenvalue weighted by molar-refractivity contribution is 6.35. The number of rotatable bonds is 3. The molecule has 3 aromatic rings. The molecule has 0 aliphatic rings. The standard InChI is InChI=1S/C15H10Cl3N5/c16-8-5-6-10(17)9(7-8)13-21-14(19)23-15(22-13)20-12-4-2-1-3-11(12)18/h1-7H,(H3,19,20,21,22,23). The van der Waals surface area contributed by atoms with E-state index in [1.54, 1.807) is 30.3 Å².